The first-order chi connectivity index (χ1) is 10.4. The molecule has 0 unspecified atom stereocenters. The van der Waals surface area contributed by atoms with E-state index in [2.05, 4.69) is 10.6 Å². The van der Waals surface area contributed by atoms with Crippen molar-refractivity contribution in [2.24, 2.45) is 5.92 Å². The maximum atomic E-state index is 12.9. The summed E-state index contributed by atoms with van der Waals surface area (Å²) < 4.78 is 0. The zero-order chi connectivity index (χ0) is 16.3. The number of para-hydroxylation sites is 1. The first kappa shape index (κ1) is 16.3. The Morgan fingerprint density at radius 1 is 1.09 bits per heavy atom. The first-order valence-corrected chi connectivity index (χ1v) is 7.86. The molecule has 0 aliphatic carbocycles. The summed E-state index contributed by atoms with van der Waals surface area (Å²) in [6.07, 6.45) is 0.866. The van der Waals surface area contributed by atoms with Gasteiger partial charge in [0.05, 0.1) is 0 Å². The van der Waals surface area contributed by atoms with Gasteiger partial charge in [0.1, 0.15) is 6.04 Å². The van der Waals surface area contributed by atoms with Crippen LogP contribution in [-0.4, -0.2) is 30.6 Å². The molecule has 3 amide bonds. The molecule has 0 aromatic heterocycles. The van der Waals surface area contributed by atoms with E-state index < -0.39 is 6.04 Å². The quantitative estimate of drug-likeness (QED) is 0.896. The molecule has 120 valence electrons. The molecule has 0 saturated carbocycles. The lowest BCUT2D eigenvalue weighted by molar-refractivity contribution is -0.121. The molecule has 0 saturated heterocycles. The largest absolute Gasteiger partial charge is 0.336 e. The summed E-state index contributed by atoms with van der Waals surface area (Å²) in [6, 6.07) is 7.15. The van der Waals surface area contributed by atoms with Gasteiger partial charge in [-0.3, -0.25) is 4.79 Å². The van der Waals surface area contributed by atoms with Crippen molar-refractivity contribution >= 4 is 17.6 Å². The van der Waals surface area contributed by atoms with Gasteiger partial charge in [-0.2, -0.15) is 0 Å². The van der Waals surface area contributed by atoms with E-state index in [-0.39, 0.29) is 23.9 Å². The number of carbonyl (C=O) groups excluding carboxylic acids is 2. The van der Waals surface area contributed by atoms with Gasteiger partial charge >= 0.3 is 6.03 Å². The van der Waals surface area contributed by atoms with Crippen molar-refractivity contribution in [2.75, 3.05) is 11.4 Å². The van der Waals surface area contributed by atoms with Crippen molar-refractivity contribution in [3.63, 3.8) is 0 Å². The Hall–Kier alpha value is -2.04. The Kier molecular flexibility index (Phi) is 5.06. The summed E-state index contributed by atoms with van der Waals surface area (Å²) >= 11 is 0. The number of carbonyl (C=O) groups is 2. The summed E-state index contributed by atoms with van der Waals surface area (Å²) in [7, 11) is 0. The van der Waals surface area contributed by atoms with E-state index in [4.69, 9.17) is 0 Å². The molecule has 5 heteroatoms. The molecule has 0 radical (unpaired) electrons. The molecule has 1 heterocycles. The van der Waals surface area contributed by atoms with Crippen molar-refractivity contribution in [1.29, 1.82) is 0 Å². The monoisotopic (exact) mass is 303 g/mol. The summed E-state index contributed by atoms with van der Waals surface area (Å²) in [6.45, 7) is 8.35. The maximum Gasteiger partial charge on any atom is 0.315 e. The van der Waals surface area contributed by atoms with Gasteiger partial charge in [-0.1, -0.05) is 32.0 Å². The Morgan fingerprint density at radius 2 is 1.77 bits per heavy atom. The zero-order valence-electron chi connectivity index (χ0n) is 13.7. The van der Waals surface area contributed by atoms with Crippen LogP contribution in [0.3, 0.4) is 0 Å². The first-order valence-electron chi connectivity index (χ1n) is 7.86. The SMILES string of the molecule is CC(C)NC(=O)N[C@H](C(=O)N1CCc2ccccc21)C(C)C. The lowest BCUT2D eigenvalue weighted by Gasteiger charge is -2.27. The number of rotatable bonds is 4. The van der Waals surface area contributed by atoms with Gasteiger partial charge in [0.25, 0.3) is 0 Å². The lowest BCUT2D eigenvalue weighted by atomic mass is 10.0. The Bertz CT molecular complexity index is 555. The van der Waals surface area contributed by atoms with E-state index in [1.807, 2.05) is 52.0 Å². The molecule has 2 rings (SSSR count). The van der Waals surface area contributed by atoms with Gasteiger partial charge in [0.15, 0.2) is 0 Å². The van der Waals surface area contributed by atoms with E-state index >= 15 is 0 Å². The second-order valence-electron chi connectivity index (χ2n) is 6.36. The molecule has 1 aromatic rings. The highest BCUT2D eigenvalue weighted by Crippen LogP contribution is 2.28. The average molecular weight is 303 g/mol. The molecule has 0 bridgehead atoms. The Balaban J connectivity index is 2.13. The van der Waals surface area contributed by atoms with Crippen LogP contribution in [0.25, 0.3) is 0 Å². The fourth-order valence-corrected chi connectivity index (χ4v) is 2.69. The van der Waals surface area contributed by atoms with Crippen LogP contribution in [0.2, 0.25) is 0 Å². The smallest absolute Gasteiger partial charge is 0.315 e. The van der Waals surface area contributed by atoms with Crippen LogP contribution in [0.1, 0.15) is 33.3 Å². The second-order valence-corrected chi connectivity index (χ2v) is 6.36. The summed E-state index contributed by atoms with van der Waals surface area (Å²) in [5, 5.41) is 5.59. The normalized spacial score (nSPS) is 14.9. The van der Waals surface area contributed by atoms with Crippen LogP contribution in [0.4, 0.5) is 10.5 Å². The van der Waals surface area contributed by atoms with Crippen molar-refractivity contribution in [1.82, 2.24) is 10.6 Å². The van der Waals surface area contributed by atoms with Crippen molar-refractivity contribution in [3.05, 3.63) is 29.8 Å². The third-order valence-electron chi connectivity index (χ3n) is 3.79. The number of amides is 3. The highest BCUT2D eigenvalue weighted by atomic mass is 16.2. The minimum atomic E-state index is -0.523. The molecule has 1 aliphatic heterocycles. The molecule has 1 aliphatic rings. The fraction of sp³-hybridized carbons (Fsp3) is 0.529. The Morgan fingerprint density at radius 3 is 2.41 bits per heavy atom. The number of urea groups is 1. The minimum absolute atomic E-state index is 0.0261. The number of hydrogen-bond donors (Lipinski definition) is 2. The number of fused-ring (bicyclic) bond motifs is 1. The third-order valence-corrected chi connectivity index (χ3v) is 3.79. The summed E-state index contributed by atoms with van der Waals surface area (Å²) in [4.78, 5) is 26.6. The molecule has 0 spiro atoms. The van der Waals surface area contributed by atoms with Gasteiger partial charge in [-0.05, 0) is 37.8 Å². The van der Waals surface area contributed by atoms with Crippen LogP contribution < -0.4 is 15.5 Å². The van der Waals surface area contributed by atoms with Gasteiger partial charge in [0.2, 0.25) is 5.91 Å². The van der Waals surface area contributed by atoms with Crippen LogP contribution in [0.5, 0.6) is 0 Å². The van der Waals surface area contributed by atoms with Crippen LogP contribution >= 0.6 is 0 Å². The maximum absolute atomic E-state index is 12.9. The number of nitrogens with zero attached hydrogens (tertiary/aromatic N) is 1. The van der Waals surface area contributed by atoms with E-state index in [0.29, 0.717) is 6.54 Å². The number of nitrogens with one attached hydrogen (secondary N) is 2. The number of hydrogen-bond acceptors (Lipinski definition) is 2. The van der Waals surface area contributed by atoms with Crippen LogP contribution in [0, 0.1) is 5.92 Å². The van der Waals surface area contributed by atoms with E-state index in [9.17, 15) is 9.59 Å². The fourth-order valence-electron chi connectivity index (χ4n) is 2.69. The van der Waals surface area contributed by atoms with Gasteiger partial charge in [-0.25, -0.2) is 4.79 Å². The van der Waals surface area contributed by atoms with Crippen molar-refractivity contribution < 1.29 is 9.59 Å². The van der Waals surface area contributed by atoms with Crippen molar-refractivity contribution in [3.8, 4) is 0 Å². The summed E-state index contributed by atoms with van der Waals surface area (Å²) in [5.74, 6) is -0.0166. The standard InChI is InChI=1S/C17H25N3O2/c1-11(2)15(19-17(22)18-12(3)4)16(21)20-10-9-13-7-5-6-8-14(13)20/h5-8,11-12,15H,9-10H2,1-4H3,(H2,18,19,22)/t15-/m0/s1. The number of benzene rings is 1. The average Bonchev–Trinajstić information content (AvgIpc) is 2.87. The van der Waals surface area contributed by atoms with E-state index in [0.717, 1.165) is 12.1 Å². The van der Waals surface area contributed by atoms with E-state index in [1.165, 1.54) is 5.56 Å². The van der Waals surface area contributed by atoms with E-state index in [1.54, 1.807) is 4.90 Å². The molecule has 1 atom stereocenters. The Labute approximate surface area is 132 Å². The predicted molar refractivity (Wildman–Crippen MR) is 87.9 cm³/mol. The topological polar surface area (TPSA) is 61.4 Å². The lowest BCUT2D eigenvalue weighted by Crippen LogP contribution is -2.54. The molecule has 2 N–H and O–H groups in total. The molecule has 5 nitrogen and oxygen atoms in total. The predicted octanol–water partition coefficient (Wildman–Crippen LogP) is 2.31. The third kappa shape index (κ3) is 3.59. The summed E-state index contributed by atoms with van der Waals surface area (Å²) in [5.41, 5.74) is 2.15. The highest BCUT2D eigenvalue weighted by molar-refractivity contribution is 6.00. The van der Waals surface area contributed by atoms with Crippen LogP contribution in [0.15, 0.2) is 24.3 Å². The zero-order valence-corrected chi connectivity index (χ0v) is 13.7. The molecule has 1 aromatic carbocycles. The number of anilines is 1. The van der Waals surface area contributed by atoms with Crippen LogP contribution in [-0.2, 0) is 11.2 Å². The van der Waals surface area contributed by atoms with Gasteiger partial charge < -0.3 is 15.5 Å². The van der Waals surface area contributed by atoms with Crippen molar-refractivity contribution in [2.45, 2.75) is 46.2 Å². The molecular weight excluding hydrogens is 278 g/mol. The van der Waals surface area contributed by atoms with Gasteiger partial charge in [-0.15, -0.1) is 0 Å². The molecule has 0 fully saturated rings. The molecular formula is C17H25N3O2. The minimum Gasteiger partial charge on any atom is -0.336 e. The van der Waals surface area contributed by atoms with Gasteiger partial charge in [0, 0.05) is 18.3 Å². The molecule has 22 heavy (non-hydrogen) atoms. The highest BCUT2D eigenvalue weighted by Gasteiger charge is 2.32. The second kappa shape index (κ2) is 6.81.